The Bertz CT molecular complexity index is 702. The highest BCUT2D eigenvalue weighted by Gasteiger charge is 2.19. The van der Waals surface area contributed by atoms with E-state index in [-0.39, 0.29) is 11.9 Å². The van der Waals surface area contributed by atoms with Gasteiger partial charge in [0.05, 0.1) is 10.6 Å². The Morgan fingerprint density at radius 2 is 2.05 bits per heavy atom. The van der Waals surface area contributed by atoms with Gasteiger partial charge in [-0.3, -0.25) is 10.1 Å². The van der Waals surface area contributed by atoms with Crippen LogP contribution in [0.5, 0.6) is 0 Å². The predicted molar refractivity (Wildman–Crippen MR) is 75.7 cm³/mol. The average molecular weight is 307 g/mol. The molecule has 0 N–H and O–H groups in total. The standard InChI is InChI=1S/C12H13N5O3S/c18-17(19)10-6-4-9(5-7-10)15-12(21)16(14-13-15)11-3-1-2-8-20-11/h4-7,11H,1-3,8H2. The summed E-state index contributed by atoms with van der Waals surface area (Å²) in [6.45, 7) is 0.691. The van der Waals surface area contributed by atoms with Crippen molar-refractivity contribution in [1.29, 1.82) is 0 Å². The van der Waals surface area contributed by atoms with E-state index in [0.717, 1.165) is 19.3 Å². The molecular formula is C12H13N5O3S. The van der Waals surface area contributed by atoms with Crippen LogP contribution in [0.2, 0.25) is 0 Å². The van der Waals surface area contributed by atoms with E-state index in [4.69, 9.17) is 17.0 Å². The molecule has 2 heterocycles. The lowest BCUT2D eigenvalue weighted by atomic mass is 10.2. The fourth-order valence-corrected chi connectivity index (χ4v) is 2.53. The monoisotopic (exact) mass is 307 g/mol. The van der Waals surface area contributed by atoms with Crippen LogP contribution in [0.4, 0.5) is 5.69 Å². The van der Waals surface area contributed by atoms with Gasteiger partial charge in [-0.25, -0.2) is 0 Å². The normalized spacial score (nSPS) is 18.6. The van der Waals surface area contributed by atoms with E-state index in [1.54, 1.807) is 16.8 Å². The van der Waals surface area contributed by atoms with Gasteiger partial charge in [0, 0.05) is 18.7 Å². The van der Waals surface area contributed by atoms with Crippen LogP contribution < -0.4 is 0 Å². The largest absolute Gasteiger partial charge is 0.356 e. The van der Waals surface area contributed by atoms with E-state index in [2.05, 4.69) is 10.4 Å². The molecule has 1 unspecified atom stereocenters. The third kappa shape index (κ3) is 2.69. The highest BCUT2D eigenvalue weighted by atomic mass is 32.1. The molecule has 1 aromatic carbocycles. The highest BCUT2D eigenvalue weighted by molar-refractivity contribution is 7.71. The second-order valence-electron chi connectivity index (χ2n) is 4.71. The lowest BCUT2D eigenvalue weighted by molar-refractivity contribution is -0.384. The van der Waals surface area contributed by atoms with Gasteiger partial charge in [0.2, 0.25) is 4.77 Å². The lowest BCUT2D eigenvalue weighted by Crippen LogP contribution is -2.19. The number of nitro groups is 1. The summed E-state index contributed by atoms with van der Waals surface area (Å²) in [6.07, 6.45) is 2.78. The lowest BCUT2D eigenvalue weighted by Gasteiger charge is -2.21. The Balaban J connectivity index is 1.91. The number of tetrazole rings is 1. The maximum absolute atomic E-state index is 10.7. The van der Waals surface area contributed by atoms with E-state index in [0.29, 0.717) is 17.1 Å². The first kappa shape index (κ1) is 13.8. The van der Waals surface area contributed by atoms with Crippen molar-refractivity contribution in [3.05, 3.63) is 39.2 Å². The van der Waals surface area contributed by atoms with Crippen LogP contribution in [0.15, 0.2) is 24.3 Å². The molecule has 0 spiro atoms. The van der Waals surface area contributed by atoms with Gasteiger partial charge >= 0.3 is 0 Å². The first-order valence-electron chi connectivity index (χ1n) is 6.58. The quantitative estimate of drug-likeness (QED) is 0.491. The summed E-state index contributed by atoms with van der Waals surface area (Å²) in [6, 6.07) is 6.00. The Labute approximate surface area is 125 Å². The second kappa shape index (κ2) is 5.70. The smallest absolute Gasteiger partial charge is 0.269 e. The molecule has 0 saturated carbocycles. The molecule has 1 aliphatic rings. The summed E-state index contributed by atoms with van der Waals surface area (Å²) < 4.78 is 9.10. The summed E-state index contributed by atoms with van der Waals surface area (Å²) in [5.41, 5.74) is 0.654. The topological polar surface area (TPSA) is 88.0 Å². The zero-order chi connectivity index (χ0) is 14.8. The van der Waals surface area contributed by atoms with Gasteiger partial charge < -0.3 is 4.74 Å². The van der Waals surface area contributed by atoms with Crippen molar-refractivity contribution in [3.63, 3.8) is 0 Å². The predicted octanol–water partition coefficient (Wildman–Crippen LogP) is 2.41. The van der Waals surface area contributed by atoms with Gasteiger partial charge in [-0.1, -0.05) is 0 Å². The molecule has 1 atom stereocenters. The fraction of sp³-hybridized carbons (Fsp3) is 0.417. The molecular weight excluding hydrogens is 294 g/mol. The SMILES string of the molecule is O=[N+]([O-])c1ccc(-n2nnn(C3CCCCO3)c2=S)cc1. The number of rotatable bonds is 3. The summed E-state index contributed by atoms with van der Waals surface area (Å²) >= 11 is 5.36. The Morgan fingerprint density at radius 3 is 2.67 bits per heavy atom. The number of nitrogens with zero attached hydrogens (tertiary/aromatic N) is 5. The zero-order valence-corrected chi connectivity index (χ0v) is 11.9. The fourth-order valence-electron chi connectivity index (χ4n) is 2.23. The number of hydrogen-bond acceptors (Lipinski definition) is 6. The minimum Gasteiger partial charge on any atom is -0.356 e. The van der Waals surface area contributed by atoms with Crippen LogP contribution in [0.1, 0.15) is 25.5 Å². The van der Waals surface area contributed by atoms with Crippen LogP contribution in [0.25, 0.3) is 5.69 Å². The Kier molecular flexibility index (Phi) is 3.76. The third-order valence-corrected chi connectivity index (χ3v) is 3.70. The summed E-state index contributed by atoms with van der Waals surface area (Å²) in [7, 11) is 0. The van der Waals surface area contributed by atoms with Crippen LogP contribution in [-0.4, -0.2) is 31.3 Å². The van der Waals surface area contributed by atoms with E-state index in [9.17, 15) is 10.1 Å². The van der Waals surface area contributed by atoms with Crippen molar-refractivity contribution in [2.24, 2.45) is 0 Å². The average Bonchev–Trinajstić information content (AvgIpc) is 2.90. The Morgan fingerprint density at radius 1 is 1.29 bits per heavy atom. The molecule has 1 saturated heterocycles. The van der Waals surface area contributed by atoms with E-state index in [1.165, 1.54) is 16.8 Å². The van der Waals surface area contributed by atoms with Crippen molar-refractivity contribution in [2.75, 3.05) is 6.61 Å². The van der Waals surface area contributed by atoms with Gasteiger partial charge in [0.15, 0.2) is 6.23 Å². The van der Waals surface area contributed by atoms with Crippen LogP contribution in [-0.2, 0) is 4.74 Å². The summed E-state index contributed by atoms with van der Waals surface area (Å²) in [5, 5.41) is 18.7. The third-order valence-electron chi connectivity index (χ3n) is 3.34. The van der Waals surface area contributed by atoms with E-state index in [1.807, 2.05) is 0 Å². The summed E-state index contributed by atoms with van der Waals surface area (Å²) in [5.74, 6) is 0. The van der Waals surface area contributed by atoms with Crippen molar-refractivity contribution < 1.29 is 9.66 Å². The molecule has 0 radical (unpaired) electrons. The first-order valence-corrected chi connectivity index (χ1v) is 6.98. The van der Waals surface area contributed by atoms with Crippen molar-refractivity contribution >= 4 is 17.9 Å². The molecule has 9 heteroatoms. The van der Waals surface area contributed by atoms with Gasteiger partial charge in [0.25, 0.3) is 5.69 Å². The maximum Gasteiger partial charge on any atom is 0.269 e. The van der Waals surface area contributed by atoms with Crippen LogP contribution >= 0.6 is 12.2 Å². The molecule has 3 rings (SSSR count). The molecule has 0 bridgehead atoms. The molecule has 1 aliphatic heterocycles. The maximum atomic E-state index is 10.7. The molecule has 0 amide bonds. The van der Waals surface area contributed by atoms with Crippen molar-refractivity contribution in [1.82, 2.24) is 19.8 Å². The van der Waals surface area contributed by atoms with Crippen molar-refractivity contribution in [3.8, 4) is 5.69 Å². The number of nitro benzene ring substituents is 1. The molecule has 1 fully saturated rings. The zero-order valence-electron chi connectivity index (χ0n) is 11.1. The number of ether oxygens (including phenoxy) is 1. The minimum atomic E-state index is -0.449. The minimum absolute atomic E-state index is 0.0216. The molecule has 21 heavy (non-hydrogen) atoms. The molecule has 1 aromatic heterocycles. The second-order valence-corrected chi connectivity index (χ2v) is 5.08. The first-order chi connectivity index (χ1) is 10.2. The number of non-ortho nitro benzene ring substituents is 1. The molecule has 8 nitrogen and oxygen atoms in total. The van der Waals surface area contributed by atoms with Gasteiger partial charge in [0.1, 0.15) is 0 Å². The molecule has 0 aliphatic carbocycles. The summed E-state index contributed by atoms with van der Waals surface area (Å²) in [4.78, 5) is 10.2. The van der Waals surface area contributed by atoms with Gasteiger partial charge in [-0.15, -0.1) is 0 Å². The number of benzene rings is 1. The highest BCUT2D eigenvalue weighted by Crippen LogP contribution is 2.22. The Hall–Kier alpha value is -2.13. The molecule has 110 valence electrons. The van der Waals surface area contributed by atoms with Gasteiger partial charge in [-0.2, -0.15) is 9.36 Å². The van der Waals surface area contributed by atoms with Gasteiger partial charge in [-0.05, 0) is 54.0 Å². The van der Waals surface area contributed by atoms with Crippen molar-refractivity contribution in [2.45, 2.75) is 25.5 Å². The van der Waals surface area contributed by atoms with E-state index >= 15 is 0 Å². The van der Waals surface area contributed by atoms with E-state index < -0.39 is 4.92 Å². The van der Waals surface area contributed by atoms with Crippen LogP contribution in [0, 0.1) is 14.9 Å². The number of aromatic nitrogens is 4. The number of hydrogen-bond donors (Lipinski definition) is 0. The van der Waals surface area contributed by atoms with Crippen LogP contribution in [0.3, 0.4) is 0 Å². The molecule has 2 aromatic rings.